The summed E-state index contributed by atoms with van der Waals surface area (Å²) >= 11 is 9.06. The second-order valence-corrected chi connectivity index (χ2v) is 11.5. The van der Waals surface area contributed by atoms with Crippen LogP contribution in [0.4, 0.5) is 5.13 Å². The van der Waals surface area contributed by atoms with Crippen LogP contribution in [0.3, 0.4) is 0 Å². The Balaban J connectivity index is 1.54. The standard InChI is InChI=1S/C21H18ClN3O3S3/c1-12-4-9-15-17(10-12)30-19(18(15)22)20(26)24-21-23-16(11-29-21)13-5-7-14(8-6-13)31(27,28)25(2)3/h4-11H,1-3H3,(H,23,24,26). The molecule has 10 heteroatoms. The Labute approximate surface area is 193 Å². The number of halogens is 1. The average Bonchev–Trinajstić information content (AvgIpc) is 3.32. The third-order valence-corrected chi connectivity index (χ3v) is 8.89. The smallest absolute Gasteiger partial charge is 0.269 e. The summed E-state index contributed by atoms with van der Waals surface area (Å²) in [5, 5.41) is 6.35. The molecule has 0 fully saturated rings. The minimum Gasteiger partial charge on any atom is -0.297 e. The second-order valence-electron chi connectivity index (χ2n) is 7.05. The molecule has 1 amide bonds. The van der Waals surface area contributed by atoms with Gasteiger partial charge in [0.25, 0.3) is 5.91 Å². The lowest BCUT2D eigenvalue weighted by Gasteiger charge is -2.11. The van der Waals surface area contributed by atoms with E-state index in [0.717, 1.165) is 21.2 Å². The van der Waals surface area contributed by atoms with Gasteiger partial charge < -0.3 is 0 Å². The molecule has 0 saturated carbocycles. The predicted molar refractivity (Wildman–Crippen MR) is 128 cm³/mol. The largest absolute Gasteiger partial charge is 0.297 e. The zero-order chi connectivity index (χ0) is 22.3. The van der Waals surface area contributed by atoms with Gasteiger partial charge in [-0.05, 0) is 30.7 Å². The van der Waals surface area contributed by atoms with E-state index in [0.29, 0.717) is 20.7 Å². The summed E-state index contributed by atoms with van der Waals surface area (Å²) in [5.41, 5.74) is 2.50. The number of amides is 1. The first-order valence-electron chi connectivity index (χ1n) is 9.15. The van der Waals surface area contributed by atoms with Crippen LogP contribution in [0, 0.1) is 6.92 Å². The number of aromatic nitrogens is 1. The second kappa shape index (κ2) is 8.33. The van der Waals surface area contributed by atoms with E-state index < -0.39 is 10.0 Å². The summed E-state index contributed by atoms with van der Waals surface area (Å²) < 4.78 is 26.5. The number of sulfonamides is 1. The number of thiophene rings is 1. The molecule has 0 aliphatic carbocycles. The fraction of sp³-hybridized carbons (Fsp3) is 0.143. The van der Waals surface area contributed by atoms with E-state index in [1.807, 2.05) is 25.1 Å². The summed E-state index contributed by atoms with van der Waals surface area (Å²) in [6.07, 6.45) is 0. The van der Waals surface area contributed by atoms with Crippen LogP contribution >= 0.6 is 34.3 Å². The molecule has 2 aromatic carbocycles. The Morgan fingerprint density at radius 3 is 2.52 bits per heavy atom. The number of nitrogens with zero attached hydrogens (tertiary/aromatic N) is 2. The van der Waals surface area contributed by atoms with E-state index in [1.165, 1.54) is 41.1 Å². The van der Waals surface area contributed by atoms with E-state index in [2.05, 4.69) is 10.3 Å². The van der Waals surface area contributed by atoms with E-state index in [1.54, 1.807) is 29.6 Å². The van der Waals surface area contributed by atoms with Crippen molar-refractivity contribution in [1.29, 1.82) is 0 Å². The molecular formula is C21H18ClN3O3S3. The molecule has 160 valence electrons. The van der Waals surface area contributed by atoms with Crippen molar-refractivity contribution in [3.63, 3.8) is 0 Å². The molecule has 2 aromatic heterocycles. The molecule has 0 spiro atoms. The van der Waals surface area contributed by atoms with E-state index in [-0.39, 0.29) is 10.8 Å². The highest BCUT2D eigenvalue weighted by Gasteiger charge is 2.19. The van der Waals surface area contributed by atoms with E-state index in [4.69, 9.17) is 11.6 Å². The monoisotopic (exact) mass is 491 g/mol. The zero-order valence-electron chi connectivity index (χ0n) is 16.8. The van der Waals surface area contributed by atoms with Crippen molar-refractivity contribution in [3.8, 4) is 11.3 Å². The molecule has 0 aliphatic heterocycles. The fourth-order valence-corrected chi connectivity index (χ4v) is 6.07. The maximum atomic E-state index is 12.8. The van der Waals surface area contributed by atoms with Crippen LogP contribution in [0.15, 0.2) is 52.7 Å². The fourth-order valence-electron chi connectivity index (χ4n) is 2.94. The number of benzene rings is 2. The van der Waals surface area contributed by atoms with Crippen LogP contribution in [0.5, 0.6) is 0 Å². The summed E-state index contributed by atoms with van der Waals surface area (Å²) in [6.45, 7) is 1.99. The van der Waals surface area contributed by atoms with Gasteiger partial charge in [-0.25, -0.2) is 17.7 Å². The summed E-state index contributed by atoms with van der Waals surface area (Å²) in [4.78, 5) is 17.9. The number of hydrogen-bond acceptors (Lipinski definition) is 6. The molecule has 1 N–H and O–H groups in total. The molecule has 0 atom stereocenters. The first-order chi connectivity index (χ1) is 14.7. The Morgan fingerprint density at radius 2 is 1.84 bits per heavy atom. The molecule has 0 saturated heterocycles. The van der Waals surface area contributed by atoms with Crippen LogP contribution in [-0.2, 0) is 10.0 Å². The van der Waals surface area contributed by atoms with Crippen molar-refractivity contribution in [2.24, 2.45) is 0 Å². The molecule has 0 radical (unpaired) electrons. The Bertz CT molecular complexity index is 1390. The van der Waals surface area contributed by atoms with E-state index >= 15 is 0 Å². The van der Waals surface area contributed by atoms with Gasteiger partial charge in [0.1, 0.15) is 4.88 Å². The highest BCUT2D eigenvalue weighted by Crippen LogP contribution is 2.36. The first-order valence-corrected chi connectivity index (χ1v) is 12.7. The number of fused-ring (bicyclic) bond motifs is 1. The van der Waals surface area contributed by atoms with Gasteiger partial charge in [-0.15, -0.1) is 22.7 Å². The predicted octanol–water partition coefficient (Wildman–Crippen LogP) is 5.49. The molecule has 0 bridgehead atoms. The first kappa shape index (κ1) is 21.9. The van der Waals surface area contributed by atoms with Gasteiger partial charge in [0, 0.05) is 35.1 Å². The van der Waals surface area contributed by atoms with Crippen LogP contribution < -0.4 is 5.32 Å². The molecule has 6 nitrogen and oxygen atoms in total. The van der Waals surface area contributed by atoms with E-state index in [9.17, 15) is 13.2 Å². The number of aryl methyl sites for hydroxylation is 1. The third kappa shape index (κ3) is 4.24. The van der Waals surface area contributed by atoms with Gasteiger partial charge >= 0.3 is 0 Å². The zero-order valence-corrected chi connectivity index (χ0v) is 20.0. The molecule has 4 aromatic rings. The van der Waals surface area contributed by atoms with Crippen molar-refractivity contribution in [3.05, 3.63) is 63.3 Å². The van der Waals surface area contributed by atoms with Gasteiger partial charge in [0.05, 0.1) is 15.6 Å². The maximum absolute atomic E-state index is 12.8. The number of carbonyl (C=O) groups excluding carboxylic acids is 1. The lowest BCUT2D eigenvalue weighted by Crippen LogP contribution is -2.22. The normalized spacial score (nSPS) is 11.9. The van der Waals surface area contributed by atoms with Gasteiger partial charge in [-0.1, -0.05) is 35.9 Å². The SMILES string of the molecule is Cc1ccc2c(Cl)c(C(=O)Nc3nc(-c4ccc(S(=O)(=O)N(C)C)cc4)cs3)sc2c1. The average molecular weight is 492 g/mol. The highest BCUT2D eigenvalue weighted by atomic mass is 35.5. The molecule has 4 rings (SSSR count). The van der Waals surface area contributed by atoms with Gasteiger partial charge in [0.15, 0.2) is 5.13 Å². The molecule has 31 heavy (non-hydrogen) atoms. The van der Waals surface area contributed by atoms with Crippen molar-refractivity contribution in [2.45, 2.75) is 11.8 Å². The van der Waals surface area contributed by atoms with Crippen LogP contribution in [0.25, 0.3) is 21.3 Å². The van der Waals surface area contributed by atoms with Crippen LogP contribution in [-0.4, -0.2) is 37.7 Å². The lowest BCUT2D eigenvalue weighted by atomic mass is 10.2. The summed E-state index contributed by atoms with van der Waals surface area (Å²) in [5.74, 6) is -0.308. The summed E-state index contributed by atoms with van der Waals surface area (Å²) in [7, 11) is -0.511. The van der Waals surface area contributed by atoms with Crippen LogP contribution in [0.1, 0.15) is 15.2 Å². The third-order valence-electron chi connectivity index (χ3n) is 4.64. The highest BCUT2D eigenvalue weighted by molar-refractivity contribution is 7.89. The summed E-state index contributed by atoms with van der Waals surface area (Å²) in [6, 6.07) is 12.4. The topological polar surface area (TPSA) is 79.4 Å². The van der Waals surface area contributed by atoms with Gasteiger partial charge in [-0.2, -0.15) is 0 Å². The van der Waals surface area contributed by atoms with Crippen LogP contribution in [0.2, 0.25) is 5.02 Å². The van der Waals surface area contributed by atoms with Crippen molar-refractivity contribution < 1.29 is 13.2 Å². The molecule has 2 heterocycles. The van der Waals surface area contributed by atoms with Gasteiger partial charge in [-0.3, -0.25) is 10.1 Å². The number of anilines is 1. The van der Waals surface area contributed by atoms with Gasteiger partial charge in [0.2, 0.25) is 10.0 Å². The number of nitrogens with one attached hydrogen (secondary N) is 1. The molecule has 0 unspecified atom stereocenters. The number of rotatable bonds is 5. The Morgan fingerprint density at radius 1 is 1.13 bits per heavy atom. The maximum Gasteiger partial charge on any atom is 0.269 e. The number of thiazole rings is 1. The quantitative estimate of drug-likeness (QED) is 0.400. The Hall–Kier alpha value is -2.30. The Kier molecular flexibility index (Phi) is 5.89. The van der Waals surface area contributed by atoms with Crippen molar-refractivity contribution in [1.82, 2.24) is 9.29 Å². The van der Waals surface area contributed by atoms with Crippen molar-refractivity contribution >= 4 is 65.4 Å². The number of carbonyl (C=O) groups is 1. The lowest BCUT2D eigenvalue weighted by molar-refractivity contribution is 0.103. The minimum absolute atomic E-state index is 0.208. The number of hydrogen-bond donors (Lipinski definition) is 1. The van der Waals surface area contributed by atoms with Crippen molar-refractivity contribution in [2.75, 3.05) is 19.4 Å². The molecule has 0 aliphatic rings. The minimum atomic E-state index is -3.49. The molecular weight excluding hydrogens is 474 g/mol.